The Bertz CT molecular complexity index is 455. The van der Waals surface area contributed by atoms with Gasteiger partial charge in [-0.05, 0) is 22.0 Å². The molecular formula is C8H6BrClN2O. The summed E-state index contributed by atoms with van der Waals surface area (Å²) in [5.41, 5.74) is 0.788. The summed E-state index contributed by atoms with van der Waals surface area (Å²) in [5.74, 6) is 0.752. The number of benzene rings is 1. The molecule has 0 saturated heterocycles. The van der Waals surface area contributed by atoms with Crippen molar-refractivity contribution in [3.8, 4) is 5.75 Å². The average molecular weight is 262 g/mol. The van der Waals surface area contributed by atoms with E-state index < -0.39 is 0 Å². The van der Waals surface area contributed by atoms with Gasteiger partial charge in [-0.2, -0.15) is 5.10 Å². The van der Waals surface area contributed by atoms with Crippen molar-refractivity contribution < 1.29 is 4.74 Å². The number of nitrogens with zero attached hydrogens (tertiary/aromatic N) is 1. The van der Waals surface area contributed by atoms with Gasteiger partial charge in [0.1, 0.15) is 10.9 Å². The van der Waals surface area contributed by atoms with Crippen LogP contribution >= 0.6 is 27.5 Å². The third-order valence-electron chi connectivity index (χ3n) is 1.77. The van der Waals surface area contributed by atoms with Crippen molar-refractivity contribution in [3.05, 3.63) is 21.8 Å². The Kier molecular flexibility index (Phi) is 2.17. The van der Waals surface area contributed by atoms with Gasteiger partial charge in [-0.1, -0.05) is 11.6 Å². The van der Waals surface area contributed by atoms with Crippen LogP contribution in [0.5, 0.6) is 5.75 Å². The maximum atomic E-state index is 5.88. The van der Waals surface area contributed by atoms with Gasteiger partial charge in [0, 0.05) is 10.5 Å². The van der Waals surface area contributed by atoms with Gasteiger partial charge in [0.05, 0.1) is 18.0 Å². The molecular weight excluding hydrogens is 255 g/mol. The first-order valence-electron chi connectivity index (χ1n) is 3.59. The summed E-state index contributed by atoms with van der Waals surface area (Å²) in [6.07, 6.45) is 0. The maximum absolute atomic E-state index is 5.88. The minimum Gasteiger partial charge on any atom is -0.497 e. The minimum absolute atomic E-state index is 0.532. The fraction of sp³-hybridized carbons (Fsp3) is 0.125. The highest BCUT2D eigenvalue weighted by atomic mass is 79.9. The van der Waals surface area contributed by atoms with E-state index in [4.69, 9.17) is 16.3 Å². The molecule has 1 heterocycles. The third kappa shape index (κ3) is 1.40. The van der Waals surface area contributed by atoms with Crippen LogP contribution in [0, 0.1) is 0 Å². The van der Waals surface area contributed by atoms with Crippen LogP contribution in [0.3, 0.4) is 0 Å². The van der Waals surface area contributed by atoms with Gasteiger partial charge in [-0.3, -0.25) is 5.10 Å². The minimum atomic E-state index is 0.532. The second-order valence-electron chi connectivity index (χ2n) is 2.54. The van der Waals surface area contributed by atoms with E-state index >= 15 is 0 Å². The molecule has 68 valence electrons. The Labute approximate surface area is 88.2 Å². The van der Waals surface area contributed by atoms with E-state index in [2.05, 4.69) is 26.1 Å². The van der Waals surface area contributed by atoms with Crippen LogP contribution in [0.25, 0.3) is 10.9 Å². The highest BCUT2D eigenvalue weighted by Crippen LogP contribution is 2.32. The molecule has 0 amide bonds. The van der Waals surface area contributed by atoms with Crippen LogP contribution < -0.4 is 4.74 Å². The predicted molar refractivity (Wildman–Crippen MR) is 55.4 cm³/mol. The second kappa shape index (κ2) is 3.20. The fourth-order valence-corrected chi connectivity index (χ4v) is 2.14. The van der Waals surface area contributed by atoms with Gasteiger partial charge in [0.25, 0.3) is 0 Å². The van der Waals surface area contributed by atoms with Crippen LogP contribution in [0.15, 0.2) is 16.6 Å². The highest BCUT2D eigenvalue weighted by Gasteiger charge is 2.08. The summed E-state index contributed by atoms with van der Waals surface area (Å²) in [4.78, 5) is 0. The van der Waals surface area contributed by atoms with Crippen molar-refractivity contribution in [2.45, 2.75) is 0 Å². The zero-order valence-electron chi connectivity index (χ0n) is 6.77. The number of rotatable bonds is 1. The van der Waals surface area contributed by atoms with Gasteiger partial charge in [-0.25, -0.2) is 0 Å². The Hall–Kier alpha value is -0.740. The van der Waals surface area contributed by atoms with Crippen LogP contribution in [0.4, 0.5) is 0 Å². The maximum Gasteiger partial charge on any atom is 0.133 e. The number of aromatic nitrogens is 2. The first-order valence-corrected chi connectivity index (χ1v) is 4.76. The number of ether oxygens (including phenoxy) is 1. The molecule has 3 nitrogen and oxygen atoms in total. The van der Waals surface area contributed by atoms with Crippen molar-refractivity contribution in [1.82, 2.24) is 10.2 Å². The average Bonchev–Trinajstić information content (AvgIpc) is 2.48. The number of methoxy groups -OCH3 is 1. The molecule has 0 unspecified atom stereocenters. The van der Waals surface area contributed by atoms with E-state index in [1.165, 1.54) is 0 Å². The summed E-state index contributed by atoms with van der Waals surface area (Å²) < 4.78 is 5.96. The summed E-state index contributed by atoms with van der Waals surface area (Å²) in [7, 11) is 1.61. The van der Waals surface area contributed by atoms with Gasteiger partial charge < -0.3 is 4.74 Å². The molecule has 0 saturated carbocycles. The third-order valence-corrected chi connectivity index (χ3v) is 2.67. The number of halogens is 2. The Morgan fingerprint density at radius 1 is 1.54 bits per heavy atom. The van der Waals surface area contributed by atoms with E-state index in [1.54, 1.807) is 7.11 Å². The normalized spacial score (nSPS) is 10.7. The smallest absolute Gasteiger partial charge is 0.133 e. The number of fused-ring (bicyclic) bond motifs is 1. The largest absolute Gasteiger partial charge is 0.497 e. The lowest BCUT2D eigenvalue weighted by atomic mass is 10.2. The van der Waals surface area contributed by atoms with E-state index in [1.807, 2.05) is 12.1 Å². The van der Waals surface area contributed by atoms with Gasteiger partial charge >= 0.3 is 0 Å². The van der Waals surface area contributed by atoms with E-state index in [9.17, 15) is 0 Å². The predicted octanol–water partition coefficient (Wildman–Crippen LogP) is 2.99. The molecule has 2 aromatic rings. The zero-order valence-corrected chi connectivity index (χ0v) is 9.11. The molecule has 0 bridgehead atoms. The molecule has 1 aromatic carbocycles. The summed E-state index contributed by atoms with van der Waals surface area (Å²) >= 11 is 9.28. The van der Waals surface area contributed by atoms with Crippen LogP contribution in [-0.2, 0) is 0 Å². The molecule has 1 N–H and O–H groups in total. The van der Waals surface area contributed by atoms with Crippen LogP contribution in [-0.4, -0.2) is 17.3 Å². The first-order chi connectivity index (χ1) is 6.22. The molecule has 5 heteroatoms. The van der Waals surface area contributed by atoms with Gasteiger partial charge in [0.2, 0.25) is 0 Å². The first kappa shape index (κ1) is 8.84. The number of hydrogen-bond donors (Lipinski definition) is 1. The van der Waals surface area contributed by atoms with E-state index in [0.29, 0.717) is 5.15 Å². The molecule has 2 rings (SSSR count). The molecule has 0 spiro atoms. The molecule has 0 aliphatic carbocycles. The highest BCUT2D eigenvalue weighted by molar-refractivity contribution is 9.10. The van der Waals surface area contributed by atoms with E-state index in [0.717, 1.165) is 21.1 Å². The monoisotopic (exact) mass is 260 g/mol. The Morgan fingerprint density at radius 3 is 3.00 bits per heavy atom. The lowest BCUT2D eigenvalue weighted by molar-refractivity contribution is 0.415. The van der Waals surface area contributed by atoms with E-state index in [-0.39, 0.29) is 0 Å². The number of aromatic amines is 1. The molecule has 13 heavy (non-hydrogen) atoms. The molecule has 0 aliphatic rings. The summed E-state index contributed by atoms with van der Waals surface area (Å²) in [6.45, 7) is 0. The molecule has 0 aliphatic heterocycles. The van der Waals surface area contributed by atoms with Crippen molar-refractivity contribution in [2.24, 2.45) is 0 Å². The van der Waals surface area contributed by atoms with Gasteiger partial charge in [0.15, 0.2) is 0 Å². The number of hydrogen-bond acceptors (Lipinski definition) is 2. The molecule has 0 radical (unpaired) electrons. The lowest BCUT2D eigenvalue weighted by Gasteiger charge is -2.00. The SMILES string of the molecule is COc1cc(Br)c2c(Cl)[nH]nc2c1. The van der Waals surface area contributed by atoms with Crippen LogP contribution in [0.1, 0.15) is 0 Å². The summed E-state index contributed by atoms with van der Waals surface area (Å²) in [5, 5.41) is 8.13. The molecule has 0 atom stereocenters. The number of nitrogens with one attached hydrogen (secondary N) is 1. The second-order valence-corrected chi connectivity index (χ2v) is 3.77. The fourth-order valence-electron chi connectivity index (χ4n) is 1.16. The van der Waals surface area contributed by atoms with Crippen molar-refractivity contribution >= 4 is 38.4 Å². The standard InChI is InChI=1S/C8H6BrClN2O/c1-13-4-2-5(9)7-6(3-4)11-12-8(7)10/h2-3H,1H3,(H,11,12). The zero-order chi connectivity index (χ0) is 9.42. The van der Waals surface area contributed by atoms with Crippen LogP contribution in [0.2, 0.25) is 5.15 Å². The van der Waals surface area contributed by atoms with Crippen molar-refractivity contribution in [1.29, 1.82) is 0 Å². The van der Waals surface area contributed by atoms with Gasteiger partial charge in [-0.15, -0.1) is 0 Å². The molecule has 1 aromatic heterocycles. The Balaban J connectivity index is 2.79. The lowest BCUT2D eigenvalue weighted by Crippen LogP contribution is -1.82. The number of H-pyrrole nitrogens is 1. The van der Waals surface area contributed by atoms with Crippen molar-refractivity contribution in [3.63, 3.8) is 0 Å². The molecule has 0 fully saturated rings. The topological polar surface area (TPSA) is 37.9 Å². The quantitative estimate of drug-likeness (QED) is 0.857. The Morgan fingerprint density at radius 2 is 2.31 bits per heavy atom. The van der Waals surface area contributed by atoms with Crippen molar-refractivity contribution in [2.75, 3.05) is 7.11 Å². The summed E-state index contributed by atoms with van der Waals surface area (Å²) in [6, 6.07) is 3.67.